The second-order valence-electron chi connectivity index (χ2n) is 7.61. The Bertz CT molecular complexity index is 808. The van der Waals surface area contributed by atoms with E-state index < -0.39 is 0 Å². The van der Waals surface area contributed by atoms with Crippen LogP contribution >= 0.6 is 35.7 Å². The molecule has 0 spiro atoms. The van der Waals surface area contributed by atoms with Gasteiger partial charge >= 0.3 is 0 Å². The molecule has 0 aliphatic heterocycles. The molecule has 1 fully saturated rings. The first kappa shape index (κ1) is 26.0. The highest BCUT2D eigenvalue weighted by Crippen LogP contribution is 2.33. The number of nitrogens with one attached hydrogen (secondary N) is 2. The SMILES string of the molecule is CCc1noc(CC)c1CNC(=NC)NCCCc1nnc(SC)n1C1CCCC1.I. The number of rotatable bonds is 10. The molecule has 2 aromatic rings. The van der Waals surface area contributed by atoms with E-state index in [4.69, 9.17) is 4.52 Å². The molecule has 0 aromatic carbocycles. The number of hydrogen-bond acceptors (Lipinski definition) is 6. The van der Waals surface area contributed by atoms with E-state index in [1.807, 2.05) is 0 Å². The minimum atomic E-state index is 0. The summed E-state index contributed by atoms with van der Waals surface area (Å²) in [7, 11) is 1.80. The average molecular weight is 562 g/mol. The Morgan fingerprint density at radius 1 is 1.19 bits per heavy atom. The monoisotopic (exact) mass is 561 g/mol. The van der Waals surface area contributed by atoms with Gasteiger partial charge in [0.2, 0.25) is 0 Å². The first-order valence-corrected chi connectivity index (χ1v) is 12.3. The molecule has 2 heterocycles. The fourth-order valence-electron chi connectivity index (χ4n) is 4.13. The van der Waals surface area contributed by atoms with Crippen LogP contribution in [0.3, 0.4) is 0 Å². The fourth-order valence-corrected chi connectivity index (χ4v) is 4.70. The van der Waals surface area contributed by atoms with Crippen molar-refractivity contribution in [1.29, 1.82) is 0 Å². The van der Waals surface area contributed by atoms with Crippen LogP contribution in [-0.4, -0.2) is 45.7 Å². The maximum Gasteiger partial charge on any atom is 0.191 e. The number of aliphatic imine (C=N–C) groups is 1. The van der Waals surface area contributed by atoms with E-state index in [-0.39, 0.29) is 24.0 Å². The standard InChI is InChI=1S/C21H35N7OS.HI/c1-5-17-16(18(6-2)29-27-17)14-24-20(22-3)23-13-9-12-19-25-26-21(30-4)28(19)15-10-7-8-11-15;/h15H,5-14H2,1-4H3,(H2,22,23,24);1H. The fraction of sp³-hybridized carbons (Fsp3) is 0.714. The van der Waals surface area contributed by atoms with Gasteiger partial charge in [-0.25, -0.2) is 0 Å². The first-order valence-electron chi connectivity index (χ1n) is 11.1. The molecule has 2 aromatic heterocycles. The summed E-state index contributed by atoms with van der Waals surface area (Å²) in [5.41, 5.74) is 2.17. The van der Waals surface area contributed by atoms with Crippen LogP contribution in [0.5, 0.6) is 0 Å². The topological polar surface area (TPSA) is 93.2 Å². The van der Waals surface area contributed by atoms with Crippen molar-refractivity contribution in [3.05, 3.63) is 22.8 Å². The summed E-state index contributed by atoms with van der Waals surface area (Å²) in [5, 5.41) is 20.9. The van der Waals surface area contributed by atoms with E-state index in [9.17, 15) is 0 Å². The van der Waals surface area contributed by atoms with Gasteiger partial charge in [-0.1, -0.05) is 43.6 Å². The third-order valence-corrected chi connectivity index (χ3v) is 6.38. The molecule has 3 rings (SSSR count). The first-order chi connectivity index (χ1) is 14.7. The van der Waals surface area contributed by atoms with Gasteiger partial charge < -0.3 is 19.7 Å². The maximum atomic E-state index is 5.45. The van der Waals surface area contributed by atoms with E-state index in [1.54, 1.807) is 18.8 Å². The lowest BCUT2D eigenvalue weighted by molar-refractivity contribution is 0.380. The van der Waals surface area contributed by atoms with Crippen molar-refractivity contribution in [2.45, 2.75) is 83.0 Å². The van der Waals surface area contributed by atoms with Crippen LogP contribution in [0.1, 0.15) is 74.8 Å². The number of aromatic nitrogens is 4. The molecule has 0 radical (unpaired) electrons. The van der Waals surface area contributed by atoms with Crippen molar-refractivity contribution in [2.75, 3.05) is 19.8 Å². The van der Waals surface area contributed by atoms with Crippen LogP contribution in [-0.2, 0) is 25.8 Å². The summed E-state index contributed by atoms with van der Waals surface area (Å²) < 4.78 is 7.83. The molecular formula is C21H36IN7OS. The van der Waals surface area contributed by atoms with Crippen LogP contribution in [0, 0.1) is 0 Å². The zero-order chi connectivity index (χ0) is 21.3. The number of thioether (sulfide) groups is 1. The molecule has 0 bridgehead atoms. The number of halogens is 1. The Hall–Kier alpha value is -1.30. The highest BCUT2D eigenvalue weighted by Gasteiger charge is 2.23. The van der Waals surface area contributed by atoms with Crippen LogP contribution < -0.4 is 10.6 Å². The molecule has 0 amide bonds. The number of hydrogen-bond donors (Lipinski definition) is 2. The van der Waals surface area contributed by atoms with Crippen molar-refractivity contribution in [3.63, 3.8) is 0 Å². The highest BCUT2D eigenvalue weighted by atomic mass is 127. The summed E-state index contributed by atoms with van der Waals surface area (Å²) >= 11 is 1.69. The molecule has 8 nitrogen and oxygen atoms in total. The van der Waals surface area contributed by atoms with Gasteiger partial charge in [0.05, 0.1) is 5.69 Å². The van der Waals surface area contributed by atoms with E-state index in [0.717, 1.165) is 66.2 Å². The van der Waals surface area contributed by atoms with Crippen LogP contribution in [0.4, 0.5) is 0 Å². The molecule has 1 aliphatic rings. The summed E-state index contributed by atoms with van der Waals surface area (Å²) in [5.74, 6) is 2.86. The van der Waals surface area contributed by atoms with Crippen LogP contribution in [0.15, 0.2) is 14.7 Å². The quantitative estimate of drug-likeness (QED) is 0.148. The lowest BCUT2D eigenvalue weighted by Crippen LogP contribution is -2.37. The van der Waals surface area contributed by atoms with Crippen molar-refractivity contribution in [1.82, 2.24) is 30.6 Å². The second kappa shape index (κ2) is 13.3. The molecule has 1 aliphatic carbocycles. The molecule has 2 N–H and O–H groups in total. The van der Waals surface area contributed by atoms with Crippen molar-refractivity contribution in [2.24, 2.45) is 4.99 Å². The van der Waals surface area contributed by atoms with E-state index in [2.05, 4.69) is 55.7 Å². The van der Waals surface area contributed by atoms with E-state index in [1.165, 1.54) is 25.7 Å². The van der Waals surface area contributed by atoms with Gasteiger partial charge in [0.25, 0.3) is 0 Å². The summed E-state index contributed by atoms with van der Waals surface area (Å²) in [6.45, 7) is 5.68. The average Bonchev–Trinajstić information content (AvgIpc) is 3.51. The zero-order valence-electron chi connectivity index (χ0n) is 19.1. The summed E-state index contributed by atoms with van der Waals surface area (Å²) in [6.07, 6.45) is 10.8. The predicted octanol–water partition coefficient (Wildman–Crippen LogP) is 4.14. The van der Waals surface area contributed by atoms with Gasteiger partial charge in [-0.15, -0.1) is 34.2 Å². The van der Waals surface area contributed by atoms with Crippen molar-refractivity contribution < 1.29 is 4.52 Å². The Balaban J connectivity index is 0.00000341. The Morgan fingerprint density at radius 2 is 1.97 bits per heavy atom. The van der Waals surface area contributed by atoms with Crippen molar-refractivity contribution in [3.8, 4) is 0 Å². The lowest BCUT2D eigenvalue weighted by Gasteiger charge is -2.16. The minimum absolute atomic E-state index is 0. The third kappa shape index (κ3) is 6.59. The third-order valence-electron chi connectivity index (χ3n) is 5.74. The molecule has 0 saturated heterocycles. The number of guanidine groups is 1. The van der Waals surface area contributed by atoms with E-state index in [0.29, 0.717) is 12.6 Å². The Morgan fingerprint density at radius 3 is 2.61 bits per heavy atom. The minimum Gasteiger partial charge on any atom is -0.361 e. The summed E-state index contributed by atoms with van der Waals surface area (Å²) in [4.78, 5) is 4.35. The van der Waals surface area contributed by atoms with Gasteiger partial charge in [0.1, 0.15) is 11.6 Å². The Kier molecular flexibility index (Phi) is 11.1. The van der Waals surface area contributed by atoms with Gasteiger partial charge in [-0.2, -0.15) is 0 Å². The van der Waals surface area contributed by atoms with Crippen molar-refractivity contribution >= 4 is 41.7 Å². The molecule has 10 heteroatoms. The molecule has 0 atom stereocenters. The molecular weight excluding hydrogens is 525 g/mol. The zero-order valence-corrected chi connectivity index (χ0v) is 22.3. The van der Waals surface area contributed by atoms with E-state index >= 15 is 0 Å². The van der Waals surface area contributed by atoms with Gasteiger partial charge in [-0.3, -0.25) is 4.99 Å². The number of aryl methyl sites for hydroxylation is 3. The molecule has 1 saturated carbocycles. The number of nitrogens with zero attached hydrogens (tertiary/aromatic N) is 5. The van der Waals surface area contributed by atoms with Gasteiger partial charge in [0.15, 0.2) is 11.1 Å². The normalized spacial score (nSPS) is 14.6. The largest absolute Gasteiger partial charge is 0.361 e. The predicted molar refractivity (Wildman–Crippen MR) is 137 cm³/mol. The van der Waals surface area contributed by atoms with Gasteiger partial charge in [-0.05, 0) is 31.9 Å². The Labute approximate surface area is 206 Å². The highest BCUT2D eigenvalue weighted by molar-refractivity contribution is 14.0. The molecule has 174 valence electrons. The maximum absolute atomic E-state index is 5.45. The van der Waals surface area contributed by atoms with Gasteiger partial charge in [0, 0.05) is 44.6 Å². The molecule has 31 heavy (non-hydrogen) atoms. The van der Waals surface area contributed by atoms with Crippen LogP contribution in [0.25, 0.3) is 0 Å². The summed E-state index contributed by atoms with van der Waals surface area (Å²) in [6, 6.07) is 0.573. The second-order valence-corrected chi connectivity index (χ2v) is 8.38. The molecule has 0 unspecified atom stereocenters. The lowest BCUT2D eigenvalue weighted by atomic mass is 10.1. The van der Waals surface area contributed by atoms with Crippen LogP contribution in [0.2, 0.25) is 0 Å². The smallest absolute Gasteiger partial charge is 0.191 e.